The van der Waals surface area contributed by atoms with Crippen LogP contribution in [0, 0.1) is 47.5 Å². The van der Waals surface area contributed by atoms with Crippen LogP contribution in [0.4, 0.5) is 0 Å². The summed E-state index contributed by atoms with van der Waals surface area (Å²) in [5.74, 6) is 32.8. The monoisotopic (exact) mass is 1520 g/mol. The van der Waals surface area contributed by atoms with E-state index in [0.717, 1.165) is 6.42 Å². The second-order valence-corrected chi connectivity index (χ2v) is 77.1. The van der Waals surface area contributed by atoms with Crippen LogP contribution in [-0.2, 0) is 40.0 Å². The van der Waals surface area contributed by atoms with E-state index in [0.29, 0.717) is 29.6 Å². The Balaban J connectivity index is 0.000000227. The standard InChI is InChI=1S/C23H36GeN.C22H34GeN.C21H32GeN.C20H30GeN/c1-16(2)12-19-11-10-18(5)21(13-19)23-14-20(17(3)4)22(15-25(23)9)24(6,7)8;1-15(2)18-11-10-17(5)20(12-18)22-13-19(16(3)4)21(14-24(22)9)23(6,7)8;1-15-12-17(21(3,4)5)10-11-18(15)20-13-16(2)19(14-23(20)9)22(6,7)8;1-14(2)17-12-20(18-11-15(3)9-10-16(18)4)22(8)13-19(17)21(5,6)7/h10-11,13-17H,12H2,1-9H3;10-16H,1-9H3;10-14H,1-9H3;9-14H,1-8H3/q4*+1. The number of aryl methyl sites for hydroxylation is 10. The van der Waals surface area contributed by atoms with E-state index in [2.05, 4.69) is 369 Å². The van der Waals surface area contributed by atoms with Gasteiger partial charge in [0.05, 0.1) is 0 Å². The third-order valence-electron chi connectivity index (χ3n) is 19.0. The van der Waals surface area contributed by atoms with Crippen molar-refractivity contribution >= 4 is 70.6 Å². The van der Waals surface area contributed by atoms with E-state index in [9.17, 15) is 0 Å². The second-order valence-electron chi connectivity index (χ2n) is 34.8. The number of aromatic nitrogens is 4. The van der Waals surface area contributed by atoms with Crippen LogP contribution in [0.2, 0.25) is 69.1 Å². The fourth-order valence-corrected chi connectivity index (χ4v) is 28.4. The molecule has 0 spiro atoms. The molecule has 0 aliphatic heterocycles. The average molecular weight is 1510 g/mol. The van der Waals surface area contributed by atoms with Gasteiger partial charge >= 0.3 is 593 Å². The van der Waals surface area contributed by atoms with Crippen LogP contribution in [-0.4, -0.2) is 53.1 Å². The van der Waals surface area contributed by atoms with Crippen LogP contribution in [0.25, 0.3) is 45.0 Å². The maximum absolute atomic E-state index is 2.50. The molecule has 0 N–H and O–H groups in total. The van der Waals surface area contributed by atoms with Crippen LogP contribution in [0.3, 0.4) is 0 Å². The molecule has 4 nitrogen and oxygen atoms in total. The van der Waals surface area contributed by atoms with Gasteiger partial charge in [-0.25, -0.2) is 0 Å². The summed E-state index contributed by atoms with van der Waals surface area (Å²) >= 11 is -7.47. The SMILES string of the molecule is Cc1cc(C(C)(C)C)ccc1-c1cc(C)[c]([Ge]([CH3])([CH3])[CH3])c[n+]1C.Cc1ccc(C(C)C)cc1-c1cc(C(C)C)[c]([Ge]([CH3])([CH3])[CH3])c[n+]1C.Cc1ccc(C)c(-c2cc(C(C)C)[c]([Ge]([CH3])([CH3])[CH3])c[n+]2C)c1.Cc1ccc(CC(C)C)cc1-c1cc(C(C)C)[c]([Ge]([CH3])([CH3])[CH3])c[n+]1C. The van der Waals surface area contributed by atoms with Gasteiger partial charge in [0.2, 0.25) is 0 Å². The summed E-state index contributed by atoms with van der Waals surface area (Å²) in [6.45, 7) is 43.2. The fraction of sp³-hybridized carbons (Fsp3) is 0.488. The van der Waals surface area contributed by atoms with Gasteiger partial charge < -0.3 is 0 Å². The van der Waals surface area contributed by atoms with Gasteiger partial charge in [-0.2, -0.15) is 0 Å². The van der Waals surface area contributed by atoms with Crippen LogP contribution in [0.15, 0.2) is 122 Å². The minimum atomic E-state index is -1.90. The quantitative estimate of drug-likeness (QED) is 0.0762. The van der Waals surface area contributed by atoms with Crippen LogP contribution < -0.4 is 35.9 Å². The molecule has 0 fully saturated rings. The van der Waals surface area contributed by atoms with Crippen LogP contribution in [0.1, 0.15) is 180 Å². The minimum absolute atomic E-state index is 0.199. The summed E-state index contributed by atoms with van der Waals surface area (Å²) in [7, 11) is 8.80. The normalized spacial score (nSPS) is 12.3. The van der Waals surface area contributed by atoms with Crippen molar-refractivity contribution in [3.63, 3.8) is 0 Å². The molecule has 4 aromatic heterocycles. The Labute approximate surface area is 587 Å². The Kier molecular flexibility index (Phi) is 27.4. The summed E-state index contributed by atoms with van der Waals surface area (Å²) in [4.78, 5) is 0. The molecule has 0 atom stereocenters. The molecule has 0 saturated carbocycles. The molecule has 0 saturated heterocycles. The Bertz CT molecular complexity index is 3940. The Hall–Kier alpha value is -4.35. The summed E-state index contributed by atoms with van der Waals surface area (Å²) in [6.07, 6.45) is 10.8. The molecule has 0 aliphatic rings. The topological polar surface area (TPSA) is 15.5 Å². The summed E-state index contributed by atoms with van der Waals surface area (Å²) in [5.41, 5.74) is 28.1. The van der Waals surface area contributed by atoms with Gasteiger partial charge in [0, 0.05) is 0 Å². The van der Waals surface area contributed by atoms with E-state index in [-0.39, 0.29) is 5.41 Å². The first-order valence-electron chi connectivity index (χ1n) is 35.6. The molecule has 4 heterocycles. The third kappa shape index (κ3) is 20.9. The van der Waals surface area contributed by atoms with Crippen molar-refractivity contribution in [3.05, 3.63) is 189 Å². The van der Waals surface area contributed by atoms with E-state index in [1.165, 1.54) is 95.1 Å². The first-order chi connectivity index (χ1) is 43.0. The van der Waals surface area contributed by atoms with E-state index in [4.69, 9.17) is 0 Å². The molecule has 4 aromatic carbocycles. The summed E-state index contributed by atoms with van der Waals surface area (Å²) in [5, 5.41) is 0. The van der Waals surface area contributed by atoms with Gasteiger partial charge in [0.1, 0.15) is 0 Å². The molecule has 0 amide bonds. The molecule has 0 bridgehead atoms. The zero-order valence-electron chi connectivity index (χ0n) is 66.4. The molecule has 0 aliphatic carbocycles. The van der Waals surface area contributed by atoms with Gasteiger partial charge in [-0.1, -0.05) is 0 Å². The van der Waals surface area contributed by atoms with Crippen molar-refractivity contribution in [3.8, 4) is 45.0 Å². The number of hydrogen-bond donors (Lipinski definition) is 0. The Morgan fingerprint density at radius 2 is 0.681 bits per heavy atom. The van der Waals surface area contributed by atoms with E-state index < -0.39 is 53.1 Å². The summed E-state index contributed by atoms with van der Waals surface area (Å²) < 4.78 is 15.9. The van der Waals surface area contributed by atoms with Gasteiger partial charge in [-0.3, -0.25) is 0 Å². The van der Waals surface area contributed by atoms with Crippen molar-refractivity contribution in [2.45, 2.75) is 236 Å². The molecular formula is C86H132Ge4N4+4. The van der Waals surface area contributed by atoms with Crippen molar-refractivity contribution < 1.29 is 18.3 Å². The van der Waals surface area contributed by atoms with E-state index >= 15 is 0 Å². The molecular weight excluding hydrogens is 1380 g/mol. The second kappa shape index (κ2) is 32.1. The molecule has 8 aromatic rings. The molecule has 0 unspecified atom stereocenters. The van der Waals surface area contributed by atoms with Crippen molar-refractivity contribution in [1.82, 2.24) is 0 Å². The number of rotatable bonds is 14. The number of benzene rings is 4. The number of nitrogens with zero attached hydrogens (tertiary/aromatic N) is 4. The Morgan fingerprint density at radius 1 is 0.330 bits per heavy atom. The molecule has 94 heavy (non-hydrogen) atoms. The molecule has 508 valence electrons. The predicted molar refractivity (Wildman–Crippen MR) is 426 cm³/mol. The van der Waals surface area contributed by atoms with Crippen molar-refractivity contribution in [2.75, 3.05) is 0 Å². The number of hydrogen-bond acceptors (Lipinski definition) is 0. The first-order valence-corrected chi connectivity index (χ1v) is 64.9. The molecule has 8 rings (SSSR count). The van der Waals surface area contributed by atoms with Crippen LogP contribution >= 0.6 is 0 Å². The van der Waals surface area contributed by atoms with Gasteiger partial charge in [0.15, 0.2) is 0 Å². The van der Waals surface area contributed by atoms with E-state index in [1.807, 2.05) is 0 Å². The first kappa shape index (κ1) is 80.3. The summed E-state index contributed by atoms with van der Waals surface area (Å²) in [6, 6.07) is 37.3. The fourth-order valence-electron chi connectivity index (χ4n) is 13.2. The number of pyridine rings is 4. The van der Waals surface area contributed by atoms with E-state index in [1.54, 1.807) is 34.3 Å². The zero-order chi connectivity index (χ0) is 71.4. The Morgan fingerprint density at radius 3 is 1.03 bits per heavy atom. The van der Waals surface area contributed by atoms with Crippen molar-refractivity contribution in [1.29, 1.82) is 0 Å². The van der Waals surface area contributed by atoms with Crippen LogP contribution in [0.5, 0.6) is 0 Å². The maximum atomic E-state index is 2.50. The third-order valence-corrected chi connectivity index (χ3v) is 36.3. The van der Waals surface area contributed by atoms with Gasteiger partial charge in [0.25, 0.3) is 0 Å². The predicted octanol–water partition coefficient (Wildman–Crippen LogP) is 19.7. The molecule has 8 heteroatoms. The van der Waals surface area contributed by atoms with Crippen molar-refractivity contribution in [2.24, 2.45) is 34.1 Å². The van der Waals surface area contributed by atoms with Gasteiger partial charge in [-0.05, 0) is 0 Å². The van der Waals surface area contributed by atoms with Gasteiger partial charge in [-0.15, -0.1) is 0 Å². The zero-order valence-corrected chi connectivity index (χ0v) is 74.8. The average Bonchev–Trinajstić information content (AvgIpc) is 0.804. The molecule has 0 radical (unpaired) electrons.